The number of hydrogen-bond donors (Lipinski definition) is 2. The van der Waals surface area contributed by atoms with E-state index in [4.69, 9.17) is 9.84 Å². The molecule has 0 amide bonds. The highest BCUT2D eigenvalue weighted by Crippen LogP contribution is 2.33. The van der Waals surface area contributed by atoms with Crippen LogP contribution < -0.4 is 4.74 Å². The first-order chi connectivity index (χ1) is 8.31. The van der Waals surface area contributed by atoms with E-state index in [9.17, 15) is 5.11 Å². The molecule has 1 atom stereocenters. The van der Waals surface area contributed by atoms with Gasteiger partial charge in [0.1, 0.15) is 5.75 Å². The third kappa shape index (κ3) is 3.20. The molecule has 0 aromatic heterocycles. The van der Waals surface area contributed by atoms with Gasteiger partial charge in [0.05, 0.1) is 12.7 Å². The lowest BCUT2D eigenvalue weighted by Crippen LogP contribution is -1.99. The smallest absolute Gasteiger partial charge is 0.119 e. The lowest BCUT2D eigenvalue weighted by Gasteiger charge is -2.08. The van der Waals surface area contributed by atoms with Crippen molar-refractivity contribution in [1.29, 1.82) is 0 Å². The van der Waals surface area contributed by atoms with E-state index in [0.29, 0.717) is 6.61 Å². The fraction of sp³-hybridized carbons (Fsp3) is 0.571. The molecule has 17 heavy (non-hydrogen) atoms. The van der Waals surface area contributed by atoms with Gasteiger partial charge in [0.25, 0.3) is 0 Å². The second kappa shape index (κ2) is 6.03. The Morgan fingerprint density at radius 1 is 1.24 bits per heavy atom. The Morgan fingerprint density at radius 2 is 2.12 bits per heavy atom. The SMILES string of the molecule is OCCCCCOc1ccc2c(c1)CCC2O. The molecule has 94 valence electrons. The van der Waals surface area contributed by atoms with E-state index < -0.39 is 0 Å². The van der Waals surface area contributed by atoms with Gasteiger partial charge in [-0.05, 0) is 55.4 Å². The number of hydrogen-bond acceptors (Lipinski definition) is 3. The number of unbranched alkanes of at least 4 members (excludes halogenated alkanes) is 2. The normalized spacial score (nSPS) is 18.1. The molecule has 0 aliphatic heterocycles. The van der Waals surface area contributed by atoms with Gasteiger partial charge in [-0.2, -0.15) is 0 Å². The zero-order valence-electron chi connectivity index (χ0n) is 10.1. The monoisotopic (exact) mass is 236 g/mol. The van der Waals surface area contributed by atoms with Crippen LogP contribution in [-0.2, 0) is 6.42 Å². The van der Waals surface area contributed by atoms with Gasteiger partial charge in [-0.25, -0.2) is 0 Å². The Kier molecular flexibility index (Phi) is 4.40. The van der Waals surface area contributed by atoms with E-state index >= 15 is 0 Å². The highest BCUT2D eigenvalue weighted by molar-refractivity contribution is 5.39. The fourth-order valence-electron chi connectivity index (χ4n) is 2.24. The van der Waals surface area contributed by atoms with Crippen LogP contribution in [0.25, 0.3) is 0 Å². The molecule has 0 saturated heterocycles. The molecule has 1 aliphatic rings. The second-order valence-electron chi connectivity index (χ2n) is 4.55. The van der Waals surface area contributed by atoms with Crippen molar-refractivity contribution in [1.82, 2.24) is 0 Å². The topological polar surface area (TPSA) is 49.7 Å². The van der Waals surface area contributed by atoms with Crippen LogP contribution >= 0.6 is 0 Å². The van der Waals surface area contributed by atoms with E-state index in [2.05, 4.69) is 0 Å². The summed E-state index contributed by atoms with van der Waals surface area (Å²) in [6.07, 6.45) is 4.30. The van der Waals surface area contributed by atoms with Crippen LogP contribution in [0.4, 0.5) is 0 Å². The molecule has 1 aliphatic carbocycles. The minimum atomic E-state index is -0.288. The van der Waals surface area contributed by atoms with Crippen molar-refractivity contribution in [2.75, 3.05) is 13.2 Å². The number of aryl methyl sites for hydroxylation is 1. The van der Waals surface area contributed by atoms with Gasteiger partial charge in [-0.15, -0.1) is 0 Å². The maximum atomic E-state index is 9.68. The van der Waals surface area contributed by atoms with Gasteiger partial charge >= 0.3 is 0 Å². The Bertz CT molecular complexity index is 362. The van der Waals surface area contributed by atoms with Crippen LogP contribution in [0, 0.1) is 0 Å². The lowest BCUT2D eigenvalue weighted by atomic mass is 10.1. The number of rotatable bonds is 6. The van der Waals surface area contributed by atoms with Crippen molar-refractivity contribution >= 4 is 0 Å². The lowest BCUT2D eigenvalue weighted by molar-refractivity contribution is 0.180. The largest absolute Gasteiger partial charge is 0.494 e. The average molecular weight is 236 g/mol. The molecule has 0 spiro atoms. The molecule has 0 radical (unpaired) electrons. The quantitative estimate of drug-likeness (QED) is 0.744. The van der Waals surface area contributed by atoms with Crippen LogP contribution in [0.1, 0.15) is 42.9 Å². The number of benzene rings is 1. The summed E-state index contributed by atoms with van der Waals surface area (Å²) in [5, 5.41) is 18.3. The molecule has 0 saturated carbocycles. The summed E-state index contributed by atoms with van der Waals surface area (Å²) in [7, 11) is 0. The Balaban J connectivity index is 1.82. The first-order valence-electron chi connectivity index (χ1n) is 6.36. The predicted molar refractivity (Wildman–Crippen MR) is 66.2 cm³/mol. The first kappa shape index (κ1) is 12.4. The molecule has 3 heteroatoms. The summed E-state index contributed by atoms with van der Waals surface area (Å²) in [5.74, 6) is 0.891. The zero-order valence-corrected chi connectivity index (χ0v) is 10.1. The summed E-state index contributed by atoms with van der Waals surface area (Å²) in [6, 6.07) is 5.94. The molecule has 1 aromatic rings. The minimum absolute atomic E-state index is 0.261. The van der Waals surface area contributed by atoms with Crippen molar-refractivity contribution < 1.29 is 14.9 Å². The minimum Gasteiger partial charge on any atom is -0.494 e. The molecule has 3 nitrogen and oxygen atoms in total. The van der Waals surface area contributed by atoms with Crippen LogP contribution in [-0.4, -0.2) is 23.4 Å². The van der Waals surface area contributed by atoms with Gasteiger partial charge in [-0.3, -0.25) is 0 Å². The number of fused-ring (bicyclic) bond motifs is 1. The summed E-state index contributed by atoms with van der Waals surface area (Å²) < 4.78 is 5.65. The Labute approximate surface area is 102 Å². The molecule has 1 unspecified atom stereocenters. The first-order valence-corrected chi connectivity index (χ1v) is 6.36. The van der Waals surface area contributed by atoms with E-state index in [0.717, 1.165) is 43.4 Å². The van der Waals surface area contributed by atoms with E-state index in [-0.39, 0.29) is 12.7 Å². The van der Waals surface area contributed by atoms with Crippen LogP contribution in [0.3, 0.4) is 0 Å². The molecule has 0 fully saturated rings. The Hall–Kier alpha value is -1.06. The van der Waals surface area contributed by atoms with Crippen LogP contribution in [0.5, 0.6) is 5.75 Å². The molecule has 0 heterocycles. The highest BCUT2D eigenvalue weighted by atomic mass is 16.5. The molecule has 2 rings (SSSR count). The summed E-state index contributed by atoms with van der Waals surface area (Å²) in [4.78, 5) is 0. The second-order valence-corrected chi connectivity index (χ2v) is 4.55. The van der Waals surface area contributed by atoms with Crippen molar-refractivity contribution in [3.05, 3.63) is 29.3 Å². The number of ether oxygens (including phenoxy) is 1. The molecule has 2 N–H and O–H groups in total. The fourth-order valence-corrected chi connectivity index (χ4v) is 2.24. The predicted octanol–water partition coefficient (Wildman–Crippen LogP) is 2.21. The summed E-state index contributed by atoms with van der Waals surface area (Å²) >= 11 is 0. The van der Waals surface area contributed by atoms with Gasteiger partial charge in [0.2, 0.25) is 0 Å². The van der Waals surface area contributed by atoms with Crippen molar-refractivity contribution in [2.45, 2.75) is 38.2 Å². The molecule has 0 bridgehead atoms. The third-order valence-electron chi connectivity index (χ3n) is 3.23. The third-order valence-corrected chi connectivity index (χ3v) is 3.23. The Morgan fingerprint density at radius 3 is 2.94 bits per heavy atom. The number of aliphatic hydroxyl groups excluding tert-OH is 2. The maximum absolute atomic E-state index is 9.68. The van der Waals surface area contributed by atoms with Gasteiger partial charge < -0.3 is 14.9 Å². The van der Waals surface area contributed by atoms with Crippen molar-refractivity contribution in [3.8, 4) is 5.75 Å². The summed E-state index contributed by atoms with van der Waals surface area (Å²) in [5.41, 5.74) is 2.27. The van der Waals surface area contributed by atoms with Crippen molar-refractivity contribution in [2.24, 2.45) is 0 Å². The van der Waals surface area contributed by atoms with E-state index in [1.807, 2.05) is 18.2 Å². The van der Waals surface area contributed by atoms with Gasteiger partial charge in [0, 0.05) is 6.61 Å². The zero-order chi connectivity index (χ0) is 12.1. The van der Waals surface area contributed by atoms with Gasteiger partial charge in [0.15, 0.2) is 0 Å². The molecular formula is C14H20O3. The maximum Gasteiger partial charge on any atom is 0.119 e. The average Bonchev–Trinajstić information content (AvgIpc) is 2.71. The molecular weight excluding hydrogens is 216 g/mol. The van der Waals surface area contributed by atoms with E-state index in [1.54, 1.807) is 0 Å². The van der Waals surface area contributed by atoms with Crippen LogP contribution in [0.2, 0.25) is 0 Å². The highest BCUT2D eigenvalue weighted by Gasteiger charge is 2.20. The van der Waals surface area contributed by atoms with Gasteiger partial charge in [-0.1, -0.05) is 6.07 Å². The van der Waals surface area contributed by atoms with Crippen LogP contribution in [0.15, 0.2) is 18.2 Å². The summed E-state index contributed by atoms with van der Waals surface area (Å²) in [6.45, 7) is 0.956. The molecule has 1 aromatic carbocycles. The van der Waals surface area contributed by atoms with E-state index in [1.165, 1.54) is 5.56 Å². The number of aliphatic hydroxyl groups is 2. The van der Waals surface area contributed by atoms with Crippen molar-refractivity contribution in [3.63, 3.8) is 0 Å². The standard InChI is InChI=1S/C14H20O3/c15-8-2-1-3-9-17-12-5-6-13-11(10-12)4-7-14(13)16/h5-6,10,14-16H,1-4,7-9H2.